The molecule has 23 heavy (non-hydrogen) atoms. The molecule has 0 aromatic heterocycles. The van der Waals surface area contributed by atoms with E-state index in [-0.39, 0.29) is 23.8 Å². The fourth-order valence-corrected chi connectivity index (χ4v) is 3.13. The van der Waals surface area contributed by atoms with Crippen molar-refractivity contribution < 1.29 is 4.79 Å². The predicted molar refractivity (Wildman–Crippen MR) is 90.0 cm³/mol. The van der Waals surface area contributed by atoms with Gasteiger partial charge in [0.1, 0.15) is 0 Å². The van der Waals surface area contributed by atoms with Gasteiger partial charge in [-0.15, -0.1) is 0 Å². The van der Waals surface area contributed by atoms with Gasteiger partial charge in [-0.1, -0.05) is 41.9 Å². The first-order chi connectivity index (χ1) is 11.1. The number of hydrogen-bond donors (Lipinski definition) is 1. The SMILES string of the molecule is CC(NC(=O)C1CC1c1ccccc1Cl)c1ccc(C#N)cc1. The summed E-state index contributed by atoms with van der Waals surface area (Å²) in [5.74, 6) is 0.277. The number of benzene rings is 2. The van der Waals surface area contributed by atoms with Gasteiger partial charge < -0.3 is 5.32 Å². The van der Waals surface area contributed by atoms with Crippen LogP contribution in [0.5, 0.6) is 0 Å². The van der Waals surface area contributed by atoms with Crippen LogP contribution in [0.25, 0.3) is 0 Å². The number of hydrogen-bond acceptors (Lipinski definition) is 2. The van der Waals surface area contributed by atoms with Crippen LogP contribution >= 0.6 is 11.6 Å². The summed E-state index contributed by atoms with van der Waals surface area (Å²) in [5.41, 5.74) is 2.67. The molecule has 0 spiro atoms. The van der Waals surface area contributed by atoms with E-state index in [2.05, 4.69) is 11.4 Å². The Hall–Kier alpha value is -2.31. The Labute approximate surface area is 140 Å². The number of amides is 1. The average Bonchev–Trinajstić information content (AvgIpc) is 3.36. The van der Waals surface area contributed by atoms with Crippen molar-refractivity contribution in [3.05, 3.63) is 70.2 Å². The minimum absolute atomic E-state index is 0.00395. The van der Waals surface area contributed by atoms with Crippen LogP contribution < -0.4 is 5.32 Å². The van der Waals surface area contributed by atoms with E-state index < -0.39 is 0 Å². The highest BCUT2D eigenvalue weighted by Crippen LogP contribution is 2.49. The fourth-order valence-electron chi connectivity index (χ4n) is 2.85. The minimum Gasteiger partial charge on any atom is -0.349 e. The number of nitrogens with one attached hydrogen (secondary N) is 1. The quantitative estimate of drug-likeness (QED) is 0.916. The number of carbonyl (C=O) groups excluding carboxylic acids is 1. The van der Waals surface area contributed by atoms with E-state index in [4.69, 9.17) is 16.9 Å². The van der Waals surface area contributed by atoms with Crippen molar-refractivity contribution in [3.63, 3.8) is 0 Å². The molecule has 4 heteroatoms. The maximum Gasteiger partial charge on any atom is 0.224 e. The van der Waals surface area contributed by atoms with Gasteiger partial charge >= 0.3 is 0 Å². The fraction of sp³-hybridized carbons (Fsp3) is 0.263. The average molecular weight is 325 g/mol. The van der Waals surface area contributed by atoms with Gasteiger partial charge in [0.15, 0.2) is 0 Å². The van der Waals surface area contributed by atoms with Crippen LogP contribution in [0.15, 0.2) is 48.5 Å². The lowest BCUT2D eigenvalue weighted by Crippen LogP contribution is -2.28. The van der Waals surface area contributed by atoms with Gasteiger partial charge in [0.2, 0.25) is 5.91 Å². The summed E-state index contributed by atoms with van der Waals surface area (Å²) in [6, 6.07) is 17.0. The smallest absolute Gasteiger partial charge is 0.224 e. The summed E-state index contributed by atoms with van der Waals surface area (Å²) in [6.45, 7) is 1.95. The summed E-state index contributed by atoms with van der Waals surface area (Å²) in [6.07, 6.45) is 0.843. The summed E-state index contributed by atoms with van der Waals surface area (Å²) in [4.78, 5) is 12.4. The third kappa shape index (κ3) is 3.38. The van der Waals surface area contributed by atoms with E-state index in [0.29, 0.717) is 5.56 Å². The van der Waals surface area contributed by atoms with Gasteiger partial charge in [-0.3, -0.25) is 4.79 Å². The summed E-state index contributed by atoms with van der Waals surface area (Å²) >= 11 is 6.20. The maximum absolute atomic E-state index is 12.4. The zero-order chi connectivity index (χ0) is 16.4. The summed E-state index contributed by atoms with van der Waals surface area (Å²) in [7, 11) is 0. The van der Waals surface area contributed by atoms with Crippen molar-refractivity contribution in [1.82, 2.24) is 5.32 Å². The van der Waals surface area contributed by atoms with E-state index in [1.807, 2.05) is 43.3 Å². The molecule has 0 heterocycles. The Morgan fingerprint density at radius 2 is 1.96 bits per heavy atom. The van der Waals surface area contributed by atoms with Crippen LogP contribution in [0.3, 0.4) is 0 Å². The molecule has 1 aliphatic rings. The number of rotatable bonds is 4. The lowest BCUT2D eigenvalue weighted by molar-refractivity contribution is -0.123. The van der Waals surface area contributed by atoms with Gasteiger partial charge in [-0.05, 0) is 48.6 Å². The molecule has 116 valence electrons. The second-order valence-corrected chi connectivity index (χ2v) is 6.34. The molecule has 3 nitrogen and oxygen atoms in total. The van der Waals surface area contributed by atoms with E-state index in [1.54, 1.807) is 12.1 Å². The summed E-state index contributed by atoms with van der Waals surface area (Å²) < 4.78 is 0. The molecule has 2 aromatic rings. The van der Waals surface area contributed by atoms with Crippen molar-refractivity contribution in [3.8, 4) is 6.07 Å². The monoisotopic (exact) mass is 324 g/mol. The third-order valence-electron chi connectivity index (χ3n) is 4.33. The number of halogens is 1. The number of nitriles is 1. The molecule has 1 fully saturated rings. The second kappa shape index (κ2) is 6.44. The van der Waals surface area contributed by atoms with Gasteiger partial charge in [0.25, 0.3) is 0 Å². The van der Waals surface area contributed by atoms with Crippen molar-refractivity contribution in [2.45, 2.75) is 25.3 Å². The van der Waals surface area contributed by atoms with E-state index >= 15 is 0 Å². The molecular weight excluding hydrogens is 308 g/mol. The molecule has 0 saturated heterocycles. The minimum atomic E-state index is -0.0808. The molecule has 3 unspecified atom stereocenters. The van der Waals surface area contributed by atoms with E-state index in [0.717, 1.165) is 22.6 Å². The van der Waals surface area contributed by atoms with Crippen LogP contribution in [-0.2, 0) is 4.79 Å². The highest BCUT2D eigenvalue weighted by atomic mass is 35.5. The Morgan fingerprint density at radius 1 is 1.26 bits per heavy atom. The van der Waals surface area contributed by atoms with Crippen LogP contribution in [0.1, 0.15) is 42.0 Å². The van der Waals surface area contributed by atoms with Crippen molar-refractivity contribution in [1.29, 1.82) is 5.26 Å². The highest BCUT2D eigenvalue weighted by Gasteiger charge is 2.45. The van der Waals surface area contributed by atoms with E-state index in [1.165, 1.54) is 0 Å². The van der Waals surface area contributed by atoms with E-state index in [9.17, 15) is 4.79 Å². The Morgan fingerprint density at radius 3 is 2.61 bits per heavy atom. The summed E-state index contributed by atoms with van der Waals surface area (Å²) in [5, 5.41) is 12.6. The third-order valence-corrected chi connectivity index (χ3v) is 4.67. The number of nitrogens with zero attached hydrogens (tertiary/aromatic N) is 1. The molecule has 0 radical (unpaired) electrons. The normalized spacial score (nSPS) is 20.4. The van der Waals surface area contributed by atoms with Gasteiger partial charge in [0.05, 0.1) is 17.7 Å². The first-order valence-electron chi connectivity index (χ1n) is 7.65. The van der Waals surface area contributed by atoms with Crippen molar-refractivity contribution in [2.24, 2.45) is 5.92 Å². The maximum atomic E-state index is 12.4. The molecule has 1 N–H and O–H groups in total. The first-order valence-corrected chi connectivity index (χ1v) is 8.03. The molecular formula is C19H17ClN2O. The molecule has 3 rings (SSSR count). The standard InChI is InChI=1S/C19H17ClN2O/c1-12(14-8-6-13(11-21)7-9-14)22-19(23)17-10-16(17)15-4-2-3-5-18(15)20/h2-9,12,16-17H,10H2,1H3,(H,22,23). The highest BCUT2D eigenvalue weighted by molar-refractivity contribution is 6.31. The Kier molecular flexibility index (Phi) is 4.36. The van der Waals surface area contributed by atoms with Crippen LogP contribution in [-0.4, -0.2) is 5.91 Å². The molecule has 2 aromatic carbocycles. The zero-order valence-electron chi connectivity index (χ0n) is 12.8. The van der Waals surface area contributed by atoms with Crippen LogP contribution in [0.2, 0.25) is 5.02 Å². The second-order valence-electron chi connectivity index (χ2n) is 5.93. The molecule has 1 saturated carbocycles. The number of carbonyl (C=O) groups is 1. The van der Waals surface area contributed by atoms with Gasteiger partial charge in [0, 0.05) is 10.9 Å². The van der Waals surface area contributed by atoms with Crippen LogP contribution in [0.4, 0.5) is 0 Å². The molecule has 0 aliphatic heterocycles. The first kappa shape index (κ1) is 15.6. The molecule has 1 aliphatic carbocycles. The largest absolute Gasteiger partial charge is 0.349 e. The van der Waals surface area contributed by atoms with Gasteiger partial charge in [-0.2, -0.15) is 5.26 Å². The predicted octanol–water partition coefficient (Wildman–Crippen LogP) is 4.19. The molecule has 0 bridgehead atoms. The Balaban J connectivity index is 1.62. The van der Waals surface area contributed by atoms with Crippen molar-refractivity contribution in [2.75, 3.05) is 0 Å². The molecule has 3 atom stereocenters. The van der Waals surface area contributed by atoms with Gasteiger partial charge in [-0.25, -0.2) is 0 Å². The van der Waals surface area contributed by atoms with Crippen molar-refractivity contribution >= 4 is 17.5 Å². The lowest BCUT2D eigenvalue weighted by atomic mass is 10.1. The van der Waals surface area contributed by atoms with Crippen LogP contribution in [0, 0.1) is 17.2 Å². The zero-order valence-corrected chi connectivity index (χ0v) is 13.5. The Bertz CT molecular complexity index is 764. The lowest BCUT2D eigenvalue weighted by Gasteiger charge is -2.14. The topological polar surface area (TPSA) is 52.9 Å². The molecule has 1 amide bonds.